The van der Waals surface area contributed by atoms with Gasteiger partial charge in [-0.1, -0.05) is 12.8 Å². The Kier molecular flexibility index (Phi) is 4.05. The second kappa shape index (κ2) is 5.36. The number of carbonyl (C=O) groups is 1. The fraction of sp³-hybridized carbons (Fsp3) is 0.500. The van der Waals surface area contributed by atoms with Crippen molar-refractivity contribution in [3.8, 4) is 0 Å². The van der Waals surface area contributed by atoms with Gasteiger partial charge in [0, 0.05) is 16.5 Å². The van der Waals surface area contributed by atoms with Crippen LogP contribution in [-0.4, -0.2) is 22.3 Å². The van der Waals surface area contributed by atoms with Gasteiger partial charge >= 0.3 is 0 Å². The van der Waals surface area contributed by atoms with Crippen molar-refractivity contribution in [2.24, 2.45) is 0 Å². The smallest absolute Gasteiger partial charge is 0.270 e. The van der Waals surface area contributed by atoms with Gasteiger partial charge in [-0.25, -0.2) is 4.98 Å². The maximum Gasteiger partial charge on any atom is 0.270 e. The third-order valence-electron chi connectivity index (χ3n) is 3.16. The Morgan fingerprint density at radius 1 is 1.47 bits per heavy atom. The zero-order valence-corrected chi connectivity index (χ0v) is 11.7. The van der Waals surface area contributed by atoms with Gasteiger partial charge in [-0.2, -0.15) is 0 Å². The number of pyridine rings is 1. The summed E-state index contributed by atoms with van der Waals surface area (Å²) in [6.07, 6.45) is 5.79. The van der Waals surface area contributed by atoms with Crippen molar-refractivity contribution in [1.29, 1.82) is 0 Å². The molecule has 1 aromatic heterocycles. The minimum atomic E-state index is -0.229. The van der Waals surface area contributed by atoms with E-state index in [4.69, 9.17) is 11.6 Å². The van der Waals surface area contributed by atoms with Crippen molar-refractivity contribution in [1.82, 2.24) is 10.3 Å². The lowest BCUT2D eigenvalue weighted by atomic mass is 10.0. The Morgan fingerprint density at radius 2 is 2.18 bits per heavy atom. The van der Waals surface area contributed by atoms with Gasteiger partial charge < -0.3 is 5.32 Å². The average molecular weight is 318 g/mol. The van der Waals surface area contributed by atoms with Crippen LogP contribution in [0.2, 0.25) is 0 Å². The van der Waals surface area contributed by atoms with Gasteiger partial charge in [0.2, 0.25) is 0 Å². The van der Waals surface area contributed by atoms with Crippen molar-refractivity contribution in [2.75, 3.05) is 5.88 Å². The molecule has 1 N–H and O–H groups in total. The number of halogens is 2. The van der Waals surface area contributed by atoms with E-state index in [0.717, 1.165) is 30.2 Å². The van der Waals surface area contributed by atoms with E-state index in [-0.39, 0.29) is 11.4 Å². The van der Waals surface area contributed by atoms with E-state index in [0.29, 0.717) is 11.6 Å². The Hall–Kier alpha value is -0.610. The molecule has 0 radical (unpaired) electrons. The molecule has 92 valence electrons. The first-order valence-electron chi connectivity index (χ1n) is 5.65. The number of nitrogens with one attached hydrogen (secondary N) is 1. The Labute approximate surface area is 114 Å². The number of hydrogen-bond acceptors (Lipinski definition) is 2. The zero-order chi connectivity index (χ0) is 12.3. The predicted molar refractivity (Wildman–Crippen MR) is 71.3 cm³/mol. The van der Waals surface area contributed by atoms with Crippen LogP contribution in [0.15, 0.2) is 22.8 Å². The third-order valence-corrected chi connectivity index (χ3v) is 4.14. The second-order valence-corrected chi connectivity index (χ2v) is 5.62. The van der Waals surface area contributed by atoms with E-state index in [9.17, 15) is 4.79 Å². The molecule has 5 heteroatoms. The molecular formula is C12H14BrClN2O. The van der Waals surface area contributed by atoms with Crippen LogP contribution in [0.5, 0.6) is 0 Å². The number of nitrogens with zero attached hydrogens (tertiary/aromatic N) is 1. The molecule has 17 heavy (non-hydrogen) atoms. The highest BCUT2D eigenvalue weighted by Crippen LogP contribution is 2.30. The van der Waals surface area contributed by atoms with E-state index in [1.807, 2.05) is 6.07 Å². The topological polar surface area (TPSA) is 42.0 Å². The SMILES string of the molecule is O=C(NC1(CCl)CCCC1)c1ccc(Br)cn1. The quantitative estimate of drug-likeness (QED) is 0.870. The van der Waals surface area contributed by atoms with Gasteiger partial charge in [0.05, 0.1) is 5.54 Å². The summed E-state index contributed by atoms with van der Waals surface area (Å²) in [4.78, 5) is 16.1. The summed E-state index contributed by atoms with van der Waals surface area (Å²) in [6.45, 7) is 0. The standard InChI is InChI=1S/C12H14BrClN2O/c13-9-3-4-10(15-7-9)11(17)16-12(8-14)5-1-2-6-12/h3-4,7H,1-2,5-6,8H2,(H,16,17). The van der Waals surface area contributed by atoms with Crippen molar-refractivity contribution < 1.29 is 4.79 Å². The maximum absolute atomic E-state index is 12.0. The molecule has 2 rings (SSSR count). The molecule has 0 bridgehead atoms. The lowest BCUT2D eigenvalue weighted by Gasteiger charge is -2.27. The first kappa shape index (κ1) is 12.8. The molecule has 0 aromatic carbocycles. The minimum absolute atomic E-state index is 0.139. The van der Waals surface area contributed by atoms with Crippen molar-refractivity contribution in [2.45, 2.75) is 31.2 Å². The van der Waals surface area contributed by atoms with E-state index >= 15 is 0 Å². The molecule has 0 unspecified atom stereocenters. The number of hydrogen-bond donors (Lipinski definition) is 1. The molecule has 1 fully saturated rings. The number of rotatable bonds is 3. The van der Waals surface area contributed by atoms with Gasteiger partial charge in [0.1, 0.15) is 5.69 Å². The van der Waals surface area contributed by atoms with Crippen molar-refractivity contribution in [3.63, 3.8) is 0 Å². The lowest BCUT2D eigenvalue weighted by Crippen LogP contribution is -2.48. The summed E-state index contributed by atoms with van der Waals surface area (Å²) < 4.78 is 0.863. The highest BCUT2D eigenvalue weighted by atomic mass is 79.9. The molecule has 0 aliphatic heterocycles. The molecule has 1 aliphatic rings. The lowest BCUT2D eigenvalue weighted by molar-refractivity contribution is 0.0904. The van der Waals surface area contributed by atoms with Crippen LogP contribution >= 0.6 is 27.5 Å². The average Bonchev–Trinajstić information content (AvgIpc) is 2.79. The van der Waals surface area contributed by atoms with E-state index in [1.54, 1.807) is 12.3 Å². The minimum Gasteiger partial charge on any atom is -0.344 e. The van der Waals surface area contributed by atoms with Crippen LogP contribution in [-0.2, 0) is 0 Å². The van der Waals surface area contributed by atoms with Crippen molar-refractivity contribution in [3.05, 3.63) is 28.5 Å². The summed E-state index contributed by atoms with van der Waals surface area (Å²) in [7, 11) is 0. The van der Waals surface area contributed by atoms with Gasteiger partial charge in [-0.3, -0.25) is 4.79 Å². The summed E-state index contributed by atoms with van der Waals surface area (Å²) in [6, 6.07) is 3.51. The van der Waals surface area contributed by atoms with Gasteiger partial charge in [-0.05, 0) is 40.9 Å². The van der Waals surface area contributed by atoms with E-state index in [2.05, 4.69) is 26.2 Å². The molecular weight excluding hydrogens is 304 g/mol. The molecule has 1 aromatic rings. The highest BCUT2D eigenvalue weighted by Gasteiger charge is 2.34. The van der Waals surface area contributed by atoms with Crippen molar-refractivity contribution >= 4 is 33.4 Å². The summed E-state index contributed by atoms with van der Waals surface area (Å²) in [5.41, 5.74) is 0.206. The Morgan fingerprint density at radius 3 is 2.71 bits per heavy atom. The van der Waals surface area contributed by atoms with Gasteiger partial charge in [0.15, 0.2) is 0 Å². The maximum atomic E-state index is 12.0. The molecule has 1 amide bonds. The first-order valence-corrected chi connectivity index (χ1v) is 6.98. The largest absolute Gasteiger partial charge is 0.344 e. The van der Waals surface area contributed by atoms with Crippen LogP contribution in [0.4, 0.5) is 0 Å². The number of alkyl halides is 1. The normalized spacial score (nSPS) is 18.0. The summed E-state index contributed by atoms with van der Waals surface area (Å²) in [5.74, 6) is 0.329. The number of aromatic nitrogens is 1. The van der Waals surface area contributed by atoms with E-state index < -0.39 is 0 Å². The highest BCUT2D eigenvalue weighted by molar-refractivity contribution is 9.10. The number of carbonyl (C=O) groups excluding carboxylic acids is 1. The number of amides is 1. The van der Waals surface area contributed by atoms with Crippen LogP contribution in [0.1, 0.15) is 36.2 Å². The Balaban J connectivity index is 2.08. The molecule has 0 atom stereocenters. The van der Waals surface area contributed by atoms with E-state index in [1.165, 1.54) is 0 Å². The third kappa shape index (κ3) is 2.99. The molecule has 1 heterocycles. The van der Waals surface area contributed by atoms with Crippen LogP contribution in [0.3, 0.4) is 0 Å². The second-order valence-electron chi connectivity index (χ2n) is 4.44. The Bertz CT molecular complexity index is 401. The molecule has 0 saturated heterocycles. The molecule has 1 saturated carbocycles. The van der Waals surface area contributed by atoms with Gasteiger partial charge in [-0.15, -0.1) is 11.6 Å². The predicted octanol–water partition coefficient (Wildman–Crippen LogP) is 3.13. The van der Waals surface area contributed by atoms with Crippen LogP contribution in [0.25, 0.3) is 0 Å². The fourth-order valence-electron chi connectivity index (χ4n) is 2.16. The van der Waals surface area contributed by atoms with Crippen LogP contribution in [0, 0.1) is 0 Å². The molecule has 1 aliphatic carbocycles. The summed E-state index contributed by atoms with van der Waals surface area (Å²) >= 11 is 9.27. The van der Waals surface area contributed by atoms with Gasteiger partial charge in [0.25, 0.3) is 5.91 Å². The molecule has 0 spiro atoms. The van der Waals surface area contributed by atoms with Crippen LogP contribution < -0.4 is 5.32 Å². The monoisotopic (exact) mass is 316 g/mol. The zero-order valence-electron chi connectivity index (χ0n) is 9.38. The molecule has 3 nitrogen and oxygen atoms in total. The summed E-state index contributed by atoms with van der Waals surface area (Å²) in [5, 5.41) is 3.03. The first-order chi connectivity index (χ1) is 8.15. The fourth-order valence-corrected chi connectivity index (χ4v) is 2.73.